The normalized spacial score (nSPS) is 24.6. The van der Waals surface area contributed by atoms with Crippen molar-refractivity contribution in [3.8, 4) is 10.4 Å². The molecule has 1 aromatic heterocycles. The van der Waals surface area contributed by atoms with E-state index in [0.717, 1.165) is 12.0 Å². The summed E-state index contributed by atoms with van der Waals surface area (Å²) in [7, 11) is 0. The van der Waals surface area contributed by atoms with Gasteiger partial charge in [-0.05, 0) is 83.0 Å². The van der Waals surface area contributed by atoms with Crippen LogP contribution in [0.4, 0.5) is 0 Å². The standard InChI is InChI=1S/C24H25IO3S/c1-14-3-4-17(24-22(27)13-21(26)15(2)28-24)11-18(14)12-20-9-10-23(29-20)16-5-7-19(25)8-6-16/h3-11,15,21-22,24,26-27H,12-13H2,1-2H3. The van der Waals surface area contributed by atoms with Gasteiger partial charge in [-0.1, -0.05) is 30.3 Å². The summed E-state index contributed by atoms with van der Waals surface area (Å²) in [6, 6.07) is 19.3. The van der Waals surface area contributed by atoms with Crippen molar-refractivity contribution < 1.29 is 14.9 Å². The van der Waals surface area contributed by atoms with Gasteiger partial charge in [0.1, 0.15) is 6.10 Å². The Balaban J connectivity index is 1.55. The number of thiophene rings is 1. The van der Waals surface area contributed by atoms with E-state index in [4.69, 9.17) is 4.74 Å². The number of ether oxygens (including phenoxy) is 1. The van der Waals surface area contributed by atoms with Crippen molar-refractivity contribution in [3.05, 3.63) is 79.7 Å². The van der Waals surface area contributed by atoms with Gasteiger partial charge in [0.05, 0.1) is 18.3 Å². The zero-order valence-electron chi connectivity index (χ0n) is 16.5. The van der Waals surface area contributed by atoms with E-state index in [-0.39, 0.29) is 6.10 Å². The summed E-state index contributed by atoms with van der Waals surface area (Å²) in [4.78, 5) is 2.59. The van der Waals surface area contributed by atoms with Crippen molar-refractivity contribution in [2.24, 2.45) is 0 Å². The van der Waals surface area contributed by atoms with E-state index in [2.05, 4.69) is 78.0 Å². The van der Waals surface area contributed by atoms with E-state index in [9.17, 15) is 10.2 Å². The fourth-order valence-corrected chi connectivity index (χ4v) is 5.16. The molecule has 29 heavy (non-hydrogen) atoms. The Morgan fingerprint density at radius 3 is 2.55 bits per heavy atom. The minimum absolute atomic E-state index is 0.276. The van der Waals surface area contributed by atoms with Gasteiger partial charge in [-0.3, -0.25) is 0 Å². The quantitative estimate of drug-likeness (QED) is 0.448. The summed E-state index contributed by atoms with van der Waals surface area (Å²) >= 11 is 4.15. The van der Waals surface area contributed by atoms with Crippen LogP contribution in [0.25, 0.3) is 10.4 Å². The lowest BCUT2D eigenvalue weighted by Gasteiger charge is -2.36. The summed E-state index contributed by atoms with van der Waals surface area (Å²) in [6.07, 6.45) is -0.766. The van der Waals surface area contributed by atoms with Crippen molar-refractivity contribution in [3.63, 3.8) is 0 Å². The third-order valence-electron chi connectivity index (χ3n) is 5.59. The summed E-state index contributed by atoms with van der Waals surface area (Å²) in [5.41, 5.74) is 4.70. The smallest absolute Gasteiger partial charge is 0.109 e. The van der Waals surface area contributed by atoms with Crippen molar-refractivity contribution in [1.82, 2.24) is 0 Å². The second kappa shape index (κ2) is 8.86. The fourth-order valence-electron chi connectivity index (χ4n) is 3.76. The largest absolute Gasteiger partial charge is 0.390 e. The molecule has 2 aromatic carbocycles. The molecule has 3 nitrogen and oxygen atoms in total. The van der Waals surface area contributed by atoms with Crippen LogP contribution in [0.3, 0.4) is 0 Å². The molecule has 152 valence electrons. The van der Waals surface area contributed by atoms with E-state index in [0.29, 0.717) is 6.42 Å². The highest BCUT2D eigenvalue weighted by Gasteiger charge is 2.34. The molecule has 1 aliphatic heterocycles. The van der Waals surface area contributed by atoms with Crippen LogP contribution in [0.1, 0.15) is 41.0 Å². The van der Waals surface area contributed by atoms with Gasteiger partial charge in [-0.15, -0.1) is 11.3 Å². The molecule has 0 bridgehead atoms. The minimum atomic E-state index is -0.689. The van der Waals surface area contributed by atoms with Gasteiger partial charge in [-0.2, -0.15) is 0 Å². The maximum atomic E-state index is 10.4. The summed E-state index contributed by atoms with van der Waals surface area (Å²) in [5, 5.41) is 20.4. The van der Waals surface area contributed by atoms with Crippen LogP contribution in [0.15, 0.2) is 54.6 Å². The summed E-state index contributed by atoms with van der Waals surface area (Å²) in [6.45, 7) is 3.98. The third-order valence-corrected chi connectivity index (χ3v) is 7.45. The molecule has 2 heterocycles. The minimum Gasteiger partial charge on any atom is -0.390 e. The van der Waals surface area contributed by atoms with Gasteiger partial charge >= 0.3 is 0 Å². The number of hydrogen-bond donors (Lipinski definition) is 2. The van der Waals surface area contributed by atoms with E-state index >= 15 is 0 Å². The van der Waals surface area contributed by atoms with Crippen LogP contribution in [0, 0.1) is 10.5 Å². The predicted octanol–water partition coefficient (Wildman–Crippen LogP) is 5.49. The summed E-state index contributed by atoms with van der Waals surface area (Å²) in [5.74, 6) is 0. The zero-order chi connectivity index (χ0) is 20.5. The van der Waals surface area contributed by atoms with Crippen LogP contribution >= 0.6 is 33.9 Å². The highest BCUT2D eigenvalue weighted by Crippen LogP contribution is 2.34. The van der Waals surface area contributed by atoms with Crippen molar-refractivity contribution >= 4 is 33.9 Å². The number of aliphatic hydroxyl groups is 2. The lowest BCUT2D eigenvalue weighted by Crippen LogP contribution is -2.41. The Kier molecular flexibility index (Phi) is 6.41. The molecule has 0 radical (unpaired) electrons. The second-order valence-electron chi connectivity index (χ2n) is 7.77. The zero-order valence-corrected chi connectivity index (χ0v) is 19.5. The van der Waals surface area contributed by atoms with E-state index < -0.39 is 18.3 Å². The Morgan fingerprint density at radius 1 is 1.03 bits per heavy atom. The first-order valence-corrected chi connectivity index (χ1v) is 11.8. The number of rotatable bonds is 4. The molecule has 5 heteroatoms. The maximum absolute atomic E-state index is 10.4. The first-order chi connectivity index (χ1) is 13.9. The molecule has 0 aliphatic carbocycles. The number of hydrogen-bond acceptors (Lipinski definition) is 4. The maximum Gasteiger partial charge on any atom is 0.109 e. The Hall–Kier alpha value is -1.25. The van der Waals surface area contributed by atoms with Crippen LogP contribution in [0.2, 0.25) is 0 Å². The molecule has 4 rings (SSSR count). The highest BCUT2D eigenvalue weighted by atomic mass is 127. The lowest BCUT2D eigenvalue weighted by atomic mass is 9.91. The van der Waals surface area contributed by atoms with Crippen molar-refractivity contribution in [2.75, 3.05) is 0 Å². The third kappa shape index (κ3) is 4.75. The average Bonchev–Trinajstić information content (AvgIpc) is 3.16. The Morgan fingerprint density at radius 2 is 1.79 bits per heavy atom. The molecule has 4 atom stereocenters. The van der Waals surface area contributed by atoms with Gasteiger partial charge < -0.3 is 14.9 Å². The first-order valence-electron chi connectivity index (χ1n) is 9.86. The topological polar surface area (TPSA) is 49.7 Å². The van der Waals surface area contributed by atoms with Gasteiger partial charge in [0.2, 0.25) is 0 Å². The monoisotopic (exact) mass is 520 g/mol. The molecule has 1 aliphatic rings. The van der Waals surface area contributed by atoms with Crippen LogP contribution in [-0.4, -0.2) is 28.5 Å². The molecule has 0 saturated carbocycles. The molecule has 2 N–H and O–H groups in total. The van der Waals surface area contributed by atoms with Crippen molar-refractivity contribution in [2.45, 2.75) is 51.1 Å². The highest BCUT2D eigenvalue weighted by molar-refractivity contribution is 14.1. The van der Waals surface area contributed by atoms with Crippen LogP contribution in [0.5, 0.6) is 0 Å². The number of aliphatic hydroxyl groups excluding tert-OH is 2. The molecule has 1 saturated heterocycles. The Labute approximate surface area is 189 Å². The van der Waals surface area contributed by atoms with Crippen LogP contribution < -0.4 is 0 Å². The summed E-state index contributed by atoms with van der Waals surface area (Å²) < 4.78 is 7.16. The molecule has 0 amide bonds. The molecule has 3 aromatic rings. The van der Waals surface area contributed by atoms with E-state index in [1.54, 1.807) is 0 Å². The molecule has 4 unspecified atom stereocenters. The second-order valence-corrected chi connectivity index (χ2v) is 10.2. The number of halogens is 1. The number of benzene rings is 2. The molecular formula is C24H25IO3S. The predicted molar refractivity (Wildman–Crippen MR) is 126 cm³/mol. The van der Waals surface area contributed by atoms with Gasteiger partial charge in [0.15, 0.2) is 0 Å². The number of aryl methyl sites for hydroxylation is 1. The van der Waals surface area contributed by atoms with Crippen molar-refractivity contribution in [1.29, 1.82) is 0 Å². The van der Waals surface area contributed by atoms with Gasteiger partial charge in [-0.25, -0.2) is 0 Å². The molecule has 0 spiro atoms. The first kappa shape index (κ1) is 21.0. The van der Waals surface area contributed by atoms with E-state index in [1.165, 1.54) is 30.0 Å². The Bertz CT molecular complexity index is 982. The molecule has 1 fully saturated rings. The molecular weight excluding hydrogens is 495 g/mol. The van der Waals surface area contributed by atoms with Gasteiger partial charge in [0, 0.05) is 26.2 Å². The average molecular weight is 520 g/mol. The van der Waals surface area contributed by atoms with E-state index in [1.807, 2.05) is 24.3 Å². The lowest BCUT2D eigenvalue weighted by molar-refractivity contribution is -0.164. The van der Waals surface area contributed by atoms with Gasteiger partial charge in [0.25, 0.3) is 0 Å². The SMILES string of the molecule is Cc1ccc(C2OC(C)C(O)CC2O)cc1Cc1ccc(-c2ccc(I)cc2)s1. The van der Waals surface area contributed by atoms with Crippen LogP contribution in [-0.2, 0) is 11.2 Å². The fraction of sp³-hybridized carbons (Fsp3) is 0.333.